The zero-order chi connectivity index (χ0) is 15.0. The van der Waals surface area contributed by atoms with Crippen molar-refractivity contribution in [1.29, 1.82) is 0 Å². The van der Waals surface area contributed by atoms with E-state index in [2.05, 4.69) is 15.0 Å². The highest BCUT2D eigenvalue weighted by atomic mass is 16.6. The molecule has 0 spiro atoms. The molecule has 2 heterocycles. The number of carbonyl (C=O) groups excluding carboxylic acids is 1. The molecule has 0 aromatic carbocycles. The molecule has 1 saturated heterocycles. The summed E-state index contributed by atoms with van der Waals surface area (Å²) in [7, 11) is 0. The molecule has 0 N–H and O–H groups in total. The molecule has 0 unspecified atom stereocenters. The van der Waals surface area contributed by atoms with Gasteiger partial charge in [-0.15, -0.1) is 0 Å². The van der Waals surface area contributed by atoms with Crippen molar-refractivity contribution in [3.05, 3.63) is 11.7 Å². The highest BCUT2D eigenvalue weighted by molar-refractivity contribution is 5.76. The van der Waals surface area contributed by atoms with Crippen LogP contribution in [0.25, 0.3) is 0 Å². The Balaban J connectivity index is 1.61. The Morgan fingerprint density at radius 2 is 2.14 bits per heavy atom. The number of carbonyl (C=O) groups is 1. The maximum absolute atomic E-state index is 12.3. The monoisotopic (exact) mass is 293 g/mol. The summed E-state index contributed by atoms with van der Waals surface area (Å²) in [5.41, 5.74) is -0.449. The van der Waals surface area contributed by atoms with Crippen molar-refractivity contribution in [3.63, 3.8) is 0 Å². The molecular formula is C15H23N3O3. The number of aromatic nitrogens is 2. The van der Waals surface area contributed by atoms with Gasteiger partial charge in [-0.3, -0.25) is 9.69 Å². The van der Waals surface area contributed by atoms with E-state index in [0.717, 1.165) is 38.1 Å². The Morgan fingerprint density at radius 1 is 1.38 bits per heavy atom. The summed E-state index contributed by atoms with van der Waals surface area (Å²) in [6.07, 6.45) is 4.14. The average Bonchev–Trinajstić information content (AvgIpc) is 2.95. The van der Waals surface area contributed by atoms with E-state index >= 15 is 0 Å². The molecular weight excluding hydrogens is 270 g/mol. The lowest BCUT2D eigenvalue weighted by atomic mass is 10.1. The zero-order valence-electron chi connectivity index (χ0n) is 13.0. The summed E-state index contributed by atoms with van der Waals surface area (Å²) in [5.74, 6) is 1.76. The Hall–Kier alpha value is -1.43. The summed E-state index contributed by atoms with van der Waals surface area (Å²) >= 11 is 0. The van der Waals surface area contributed by atoms with Crippen molar-refractivity contribution >= 4 is 5.97 Å². The Morgan fingerprint density at radius 3 is 2.81 bits per heavy atom. The van der Waals surface area contributed by atoms with E-state index in [9.17, 15) is 4.79 Å². The van der Waals surface area contributed by atoms with E-state index in [-0.39, 0.29) is 12.0 Å². The molecule has 2 aliphatic rings. The van der Waals surface area contributed by atoms with E-state index in [1.54, 1.807) is 0 Å². The Kier molecular flexibility index (Phi) is 3.73. The van der Waals surface area contributed by atoms with E-state index < -0.39 is 5.60 Å². The summed E-state index contributed by atoms with van der Waals surface area (Å²) in [4.78, 5) is 18.8. The van der Waals surface area contributed by atoms with Gasteiger partial charge in [0.15, 0.2) is 5.82 Å². The van der Waals surface area contributed by atoms with Gasteiger partial charge >= 0.3 is 5.97 Å². The standard InChI is InChI=1S/C15H23N3O3/c1-15(2,3)20-14(19)11-5-4-8-18(11)9-12-16-13(17-21-12)10-6-7-10/h10-11H,4-9H2,1-3H3/t11-/m0/s1. The van der Waals surface area contributed by atoms with E-state index in [0.29, 0.717) is 18.4 Å². The van der Waals surface area contributed by atoms with Crippen LogP contribution in [0.3, 0.4) is 0 Å². The molecule has 3 rings (SSSR count). The molecule has 6 nitrogen and oxygen atoms in total. The molecule has 6 heteroatoms. The molecule has 116 valence electrons. The van der Waals surface area contributed by atoms with Crippen LogP contribution < -0.4 is 0 Å². The van der Waals surface area contributed by atoms with Gasteiger partial charge in [0.25, 0.3) is 0 Å². The fraction of sp³-hybridized carbons (Fsp3) is 0.800. The van der Waals surface area contributed by atoms with Crippen molar-refractivity contribution in [1.82, 2.24) is 15.0 Å². The van der Waals surface area contributed by atoms with E-state index in [1.165, 1.54) is 0 Å². The molecule has 1 aliphatic carbocycles. The number of nitrogens with zero attached hydrogens (tertiary/aromatic N) is 3. The van der Waals surface area contributed by atoms with Crippen LogP contribution in [0.2, 0.25) is 0 Å². The maximum Gasteiger partial charge on any atom is 0.323 e. The minimum absolute atomic E-state index is 0.151. The third-order valence-corrected chi connectivity index (χ3v) is 3.81. The summed E-state index contributed by atoms with van der Waals surface area (Å²) in [5, 5.41) is 4.02. The van der Waals surface area contributed by atoms with Gasteiger partial charge in [-0.2, -0.15) is 4.98 Å². The smallest absolute Gasteiger partial charge is 0.323 e. The molecule has 2 fully saturated rings. The lowest BCUT2D eigenvalue weighted by Gasteiger charge is -2.26. The zero-order valence-corrected chi connectivity index (χ0v) is 13.0. The van der Waals surface area contributed by atoms with Gasteiger partial charge in [0.05, 0.1) is 6.54 Å². The second kappa shape index (κ2) is 5.40. The first-order chi connectivity index (χ1) is 9.92. The summed E-state index contributed by atoms with van der Waals surface area (Å²) in [6, 6.07) is -0.194. The molecule has 0 amide bonds. The van der Waals surface area contributed by atoms with E-state index in [4.69, 9.17) is 9.26 Å². The topological polar surface area (TPSA) is 68.5 Å². The van der Waals surface area contributed by atoms with Crippen LogP contribution in [0.5, 0.6) is 0 Å². The quantitative estimate of drug-likeness (QED) is 0.793. The third kappa shape index (κ3) is 3.61. The predicted octanol–water partition coefficient (Wildman–Crippen LogP) is 2.25. The van der Waals surface area contributed by atoms with Gasteiger partial charge in [-0.05, 0) is 53.0 Å². The largest absolute Gasteiger partial charge is 0.459 e. The minimum atomic E-state index is -0.449. The van der Waals surface area contributed by atoms with Crippen molar-refractivity contribution < 1.29 is 14.1 Å². The fourth-order valence-electron chi connectivity index (χ4n) is 2.67. The van der Waals surface area contributed by atoms with Gasteiger partial charge in [0.2, 0.25) is 5.89 Å². The molecule has 1 saturated carbocycles. The molecule has 21 heavy (non-hydrogen) atoms. The van der Waals surface area contributed by atoms with Gasteiger partial charge in [-0.25, -0.2) is 0 Å². The van der Waals surface area contributed by atoms with Crippen LogP contribution in [0.4, 0.5) is 0 Å². The third-order valence-electron chi connectivity index (χ3n) is 3.81. The van der Waals surface area contributed by atoms with Crippen LogP contribution in [0.1, 0.15) is 64.1 Å². The predicted molar refractivity (Wildman–Crippen MR) is 75.6 cm³/mol. The molecule has 1 atom stereocenters. The lowest BCUT2D eigenvalue weighted by molar-refractivity contribution is -0.160. The number of esters is 1. The molecule has 1 aromatic rings. The van der Waals surface area contributed by atoms with Gasteiger partial charge < -0.3 is 9.26 Å². The van der Waals surface area contributed by atoms with Crippen LogP contribution in [0, 0.1) is 0 Å². The first kappa shape index (κ1) is 14.5. The number of rotatable bonds is 4. The van der Waals surface area contributed by atoms with E-state index in [1.807, 2.05) is 20.8 Å². The molecule has 0 radical (unpaired) electrons. The molecule has 1 aliphatic heterocycles. The highest BCUT2D eigenvalue weighted by Gasteiger charge is 2.35. The summed E-state index contributed by atoms with van der Waals surface area (Å²) in [6.45, 7) is 7.08. The lowest BCUT2D eigenvalue weighted by Crippen LogP contribution is -2.40. The van der Waals surface area contributed by atoms with Crippen molar-refractivity contribution in [2.45, 2.75) is 70.6 Å². The normalized spacial score (nSPS) is 23.5. The summed E-state index contributed by atoms with van der Waals surface area (Å²) < 4.78 is 10.8. The van der Waals surface area contributed by atoms with Crippen LogP contribution in [-0.4, -0.2) is 39.2 Å². The van der Waals surface area contributed by atoms with Gasteiger partial charge in [0.1, 0.15) is 11.6 Å². The second-order valence-electron chi connectivity index (χ2n) is 6.98. The van der Waals surface area contributed by atoms with Gasteiger partial charge in [-0.1, -0.05) is 5.16 Å². The van der Waals surface area contributed by atoms with Crippen LogP contribution in [-0.2, 0) is 16.1 Å². The molecule has 0 bridgehead atoms. The Bertz CT molecular complexity index is 516. The number of likely N-dealkylation sites (tertiary alicyclic amines) is 1. The Labute approximate surface area is 124 Å². The van der Waals surface area contributed by atoms with Crippen LogP contribution in [0.15, 0.2) is 4.52 Å². The number of ether oxygens (including phenoxy) is 1. The second-order valence-corrected chi connectivity index (χ2v) is 6.98. The van der Waals surface area contributed by atoms with Crippen molar-refractivity contribution in [3.8, 4) is 0 Å². The van der Waals surface area contributed by atoms with Crippen LogP contribution >= 0.6 is 0 Å². The van der Waals surface area contributed by atoms with Crippen molar-refractivity contribution in [2.75, 3.05) is 6.54 Å². The molecule has 1 aromatic heterocycles. The van der Waals surface area contributed by atoms with Crippen molar-refractivity contribution in [2.24, 2.45) is 0 Å². The highest BCUT2D eigenvalue weighted by Crippen LogP contribution is 2.38. The number of hydrogen-bond donors (Lipinski definition) is 0. The first-order valence-corrected chi connectivity index (χ1v) is 7.72. The van der Waals surface area contributed by atoms with Gasteiger partial charge in [0, 0.05) is 5.92 Å². The fourth-order valence-corrected chi connectivity index (χ4v) is 2.67. The minimum Gasteiger partial charge on any atom is -0.459 e. The number of hydrogen-bond acceptors (Lipinski definition) is 6. The average molecular weight is 293 g/mol. The first-order valence-electron chi connectivity index (χ1n) is 7.72. The SMILES string of the molecule is CC(C)(C)OC(=O)[C@@H]1CCCN1Cc1nc(C2CC2)no1. The maximum atomic E-state index is 12.3.